The molecular formula is C14H14FNO3S. The third-order valence-corrected chi connectivity index (χ3v) is 4.12. The molecule has 0 amide bonds. The number of sulfonamides is 1. The first-order valence-corrected chi connectivity index (χ1v) is 7.44. The van der Waals surface area contributed by atoms with Gasteiger partial charge in [0, 0.05) is 5.56 Å². The Bertz CT molecular complexity index is 714. The van der Waals surface area contributed by atoms with Gasteiger partial charge in [0.2, 0.25) is 0 Å². The standard InChI is InChI=1S/C14H14FNO3S/c1-10(17)13-7-2-3-8-14(13)16-20(18,19)12-6-4-5-11(15)9-12/h2-10,16-17H,1H3. The Morgan fingerprint density at radius 3 is 2.50 bits per heavy atom. The number of aliphatic hydroxyl groups is 1. The molecule has 0 bridgehead atoms. The number of rotatable bonds is 4. The van der Waals surface area contributed by atoms with Crippen molar-refractivity contribution in [2.24, 2.45) is 0 Å². The zero-order valence-electron chi connectivity index (χ0n) is 10.7. The quantitative estimate of drug-likeness (QED) is 0.911. The van der Waals surface area contributed by atoms with Crippen LogP contribution in [-0.4, -0.2) is 13.5 Å². The van der Waals surface area contributed by atoms with Crippen molar-refractivity contribution in [3.8, 4) is 0 Å². The van der Waals surface area contributed by atoms with Crippen molar-refractivity contribution >= 4 is 15.7 Å². The SMILES string of the molecule is CC(O)c1ccccc1NS(=O)(=O)c1cccc(F)c1. The van der Waals surface area contributed by atoms with E-state index in [-0.39, 0.29) is 10.6 Å². The van der Waals surface area contributed by atoms with Crippen molar-refractivity contribution in [1.29, 1.82) is 0 Å². The zero-order chi connectivity index (χ0) is 14.8. The normalized spacial score (nSPS) is 12.9. The number of halogens is 1. The molecule has 0 heterocycles. The third kappa shape index (κ3) is 3.15. The number of hydrogen-bond acceptors (Lipinski definition) is 3. The topological polar surface area (TPSA) is 66.4 Å². The Labute approximate surface area is 116 Å². The van der Waals surface area contributed by atoms with Crippen LogP contribution >= 0.6 is 0 Å². The molecular weight excluding hydrogens is 281 g/mol. The van der Waals surface area contributed by atoms with Crippen molar-refractivity contribution in [2.75, 3.05) is 4.72 Å². The van der Waals surface area contributed by atoms with Crippen molar-refractivity contribution in [3.63, 3.8) is 0 Å². The highest BCUT2D eigenvalue weighted by Crippen LogP contribution is 2.25. The number of aliphatic hydroxyl groups excluding tert-OH is 1. The molecule has 0 fully saturated rings. The van der Waals surface area contributed by atoms with Crippen LogP contribution in [0.2, 0.25) is 0 Å². The summed E-state index contributed by atoms with van der Waals surface area (Å²) in [6.45, 7) is 1.54. The fraction of sp³-hybridized carbons (Fsp3) is 0.143. The van der Waals surface area contributed by atoms with E-state index in [4.69, 9.17) is 0 Å². The van der Waals surface area contributed by atoms with Crippen LogP contribution in [0, 0.1) is 5.82 Å². The van der Waals surface area contributed by atoms with E-state index in [9.17, 15) is 17.9 Å². The van der Waals surface area contributed by atoms with Crippen LogP contribution in [0.15, 0.2) is 53.4 Å². The molecule has 0 radical (unpaired) electrons. The first-order chi connectivity index (χ1) is 9.40. The Kier molecular flexibility index (Phi) is 4.06. The summed E-state index contributed by atoms with van der Waals surface area (Å²) in [5, 5.41) is 9.62. The highest BCUT2D eigenvalue weighted by Gasteiger charge is 2.17. The van der Waals surface area contributed by atoms with E-state index in [1.807, 2.05) is 0 Å². The highest BCUT2D eigenvalue weighted by molar-refractivity contribution is 7.92. The summed E-state index contributed by atoms with van der Waals surface area (Å²) in [6.07, 6.45) is -0.818. The molecule has 0 spiro atoms. The lowest BCUT2D eigenvalue weighted by molar-refractivity contribution is 0.200. The average Bonchev–Trinajstić information content (AvgIpc) is 2.38. The lowest BCUT2D eigenvalue weighted by Crippen LogP contribution is -2.15. The van der Waals surface area contributed by atoms with Crippen molar-refractivity contribution < 1.29 is 17.9 Å². The van der Waals surface area contributed by atoms with E-state index in [1.54, 1.807) is 24.3 Å². The van der Waals surface area contributed by atoms with E-state index in [1.165, 1.54) is 25.1 Å². The minimum absolute atomic E-state index is 0.169. The Morgan fingerprint density at radius 1 is 1.15 bits per heavy atom. The minimum Gasteiger partial charge on any atom is -0.389 e. The van der Waals surface area contributed by atoms with Gasteiger partial charge < -0.3 is 5.11 Å². The van der Waals surface area contributed by atoms with Gasteiger partial charge in [0.1, 0.15) is 5.82 Å². The molecule has 6 heteroatoms. The van der Waals surface area contributed by atoms with Gasteiger partial charge in [0.25, 0.3) is 10.0 Å². The molecule has 0 saturated carbocycles. The van der Waals surface area contributed by atoms with Crippen LogP contribution in [0.5, 0.6) is 0 Å². The van der Waals surface area contributed by atoms with Gasteiger partial charge in [-0.2, -0.15) is 0 Å². The van der Waals surface area contributed by atoms with Crippen LogP contribution in [0.4, 0.5) is 10.1 Å². The van der Waals surface area contributed by atoms with E-state index in [2.05, 4.69) is 4.72 Å². The maximum atomic E-state index is 13.1. The van der Waals surface area contributed by atoms with Gasteiger partial charge in [-0.3, -0.25) is 4.72 Å². The van der Waals surface area contributed by atoms with Gasteiger partial charge >= 0.3 is 0 Å². The van der Waals surface area contributed by atoms with Gasteiger partial charge in [-0.15, -0.1) is 0 Å². The molecule has 106 valence electrons. The number of anilines is 1. The molecule has 0 aliphatic heterocycles. The second-order valence-electron chi connectivity index (χ2n) is 4.33. The molecule has 20 heavy (non-hydrogen) atoms. The maximum absolute atomic E-state index is 13.1. The summed E-state index contributed by atoms with van der Waals surface area (Å²) in [6, 6.07) is 11.2. The Morgan fingerprint density at radius 2 is 1.85 bits per heavy atom. The molecule has 2 aromatic carbocycles. The first-order valence-electron chi connectivity index (χ1n) is 5.95. The van der Waals surface area contributed by atoms with Gasteiger partial charge in [-0.05, 0) is 31.2 Å². The molecule has 0 aliphatic rings. The highest BCUT2D eigenvalue weighted by atomic mass is 32.2. The predicted octanol–water partition coefficient (Wildman–Crippen LogP) is 2.68. The molecule has 2 N–H and O–H groups in total. The Balaban J connectivity index is 2.39. The smallest absolute Gasteiger partial charge is 0.262 e. The summed E-state index contributed by atoms with van der Waals surface area (Å²) in [5.74, 6) is -0.628. The van der Waals surface area contributed by atoms with E-state index >= 15 is 0 Å². The number of para-hydroxylation sites is 1. The third-order valence-electron chi connectivity index (χ3n) is 2.76. The second-order valence-corrected chi connectivity index (χ2v) is 6.01. The van der Waals surface area contributed by atoms with Crippen LogP contribution in [0.3, 0.4) is 0 Å². The summed E-state index contributed by atoms with van der Waals surface area (Å²) in [5.41, 5.74) is 0.722. The largest absolute Gasteiger partial charge is 0.389 e. The maximum Gasteiger partial charge on any atom is 0.262 e. The average molecular weight is 295 g/mol. The molecule has 2 rings (SSSR count). The van der Waals surface area contributed by atoms with Crippen molar-refractivity contribution in [3.05, 3.63) is 59.9 Å². The zero-order valence-corrected chi connectivity index (χ0v) is 11.6. The monoisotopic (exact) mass is 295 g/mol. The van der Waals surface area contributed by atoms with Gasteiger partial charge in [0.05, 0.1) is 16.7 Å². The molecule has 0 aliphatic carbocycles. The lowest BCUT2D eigenvalue weighted by atomic mass is 10.1. The predicted molar refractivity (Wildman–Crippen MR) is 74.3 cm³/mol. The Hall–Kier alpha value is -1.92. The van der Waals surface area contributed by atoms with Crippen LogP contribution in [0.1, 0.15) is 18.6 Å². The minimum atomic E-state index is -3.89. The first kappa shape index (κ1) is 14.5. The van der Waals surface area contributed by atoms with Crippen LogP contribution < -0.4 is 4.72 Å². The fourth-order valence-corrected chi connectivity index (χ4v) is 2.91. The van der Waals surface area contributed by atoms with Gasteiger partial charge in [-0.25, -0.2) is 12.8 Å². The van der Waals surface area contributed by atoms with E-state index in [0.29, 0.717) is 5.56 Å². The molecule has 1 atom stereocenters. The van der Waals surface area contributed by atoms with Crippen LogP contribution in [0.25, 0.3) is 0 Å². The molecule has 0 saturated heterocycles. The van der Waals surface area contributed by atoms with Crippen molar-refractivity contribution in [1.82, 2.24) is 0 Å². The van der Waals surface area contributed by atoms with E-state index < -0.39 is 21.9 Å². The lowest BCUT2D eigenvalue weighted by Gasteiger charge is -2.14. The summed E-state index contributed by atoms with van der Waals surface area (Å²) < 4.78 is 39.8. The molecule has 4 nitrogen and oxygen atoms in total. The number of benzene rings is 2. The summed E-state index contributed by atoms with van der Waals surface area (Å²) in [7, 11) is -3.89. The molecule has 1 unspecified atom stereocenters. The second kappa shape index (κ2) is 5.60. The van der Waals surface area contributed by atoms with Gasteiger partial charge in [0.15, 0.2) is 0 Å². The number of nitrogens with one attached hydrogen (secondary N) is 1. The van der Waals surface area contributed by atoms with Gasteiger partial charge in [-0.1, -0.05) is 24.3 Å². The summed E-state index contributed by atoms with van der Waals surface area (Å²) >= 11 is 0. The van der Waals surface area contributed by atoms with Crippen molar-refractivity contribution in [2.45, 2.75) is 17.9 Å². The summed E-state index contributed by atoms with van der Waals surface area (Å²) in [4.78, 5) is -0.169. The molecule has 0 aromatic heterocycles. The number of hydrogen-bond donors (Lipinski definition) is 2. The fourth-order valence-electron chi connectivity index (χ4n) is 1.79. The molecule has 2 aromatic rings. The van der Waals surface area contributed by atoms with E-state index in [0.717, 1.165) is 6.07 Å². The van der Waals surface area contributed by atoms with Crippen LogP contribution in [-0.2, 0) is 10.0 Å².